The van der Waals surface area contributed by atoms with Crippen LogP contribution in [0.5, 0.6) is 0 Å². The molecule has 0 bridgehead atoms. The Morgan fingerprint density at radius 2 is 2.14 bits per heavy atom. The Morgan fingerprint density at radius 3 is 2.93 bits per heavy atom. The molecule has 1 aromatic carbocycles. The Hall–Kier alpha value is -2.19. The zero-order chi connectivity index (χ0) is 19.3. The van der Waals surface area contributed by atoms with Gasteiger partial charge >= 0.3 is 0 Å². The van der Waals surface area contributed by atoms with Crippen molar-refractivity contribution in [2.24, 2.45) is 0 Å². The lowest BCUT2D eigenvalue weighted by Gasteiger charge is -2.16. The molecule has 0 saturated carbocycles. The smallest absolute Gasteiger partial charge is 0.230 e. The lowest BCUT2D eigenvalue weighted by Crippen LogP contribution is -2.36. The highest BCUT2D eigenvalue weighted by molar-refractivity contribution is 8.01. The average Bonchev–Trinajstić information content (AvgIpc) is 3.23. The summed E-state index contributed by atoms with van der Waals surface area (Å²) < 4.78 is 3.18. The molecule has 8 heteroatoms. The zero-order valence-electron chi connectivity index (χ0n) is 15.8. The summed E-state index contributed by atoms with van der Waals surface area (Å²) in [5.41, 5.74) is 2.24. The number of thiazole rings is 1. The molecular formula is C20H23N5OS2. The van der Waals surface area contributed by atoms with Crippen LogP contribution in [0, 0.1) is 6.92 Å². The van der Waals surface area contributed by atoms with Gasteiger partial charge in [-0.2, -0.15) is 0 Å². The van der Waals surface area contributed by atoms with Crippen LogP contribution in [0.15, 0.2) is 40.1 Å². The topological polar surface area (TPSA) is 72.7 Å². The Kier molecular flexibility index (Phi) is 6.07. The van der Waals surface area contributed by atoms with E-state index in [0.717, 1.165) is 53.9 Å². The van der Waals surface area contributed by atoms with Gasteiger partial charge in [0.05, 0.1) is 5.75 Å². The number of carbonyl (C=O) groups excluding carboxylic acids is 1. The Balaban J connectivity index is 1.31. The minimum atomic E-state index is 0.0741. The summed E-state index contributed by atoms with van der Waals surface area (Å²) in [6, 6.07) is 10.5. The van der Waals surface area contributed by atoms with E-state index in [9.17, 15) is 4.79 Å². The second kappa shape index (κ2) is 8.87. The van der Waals surface area contributed by atoms with E-state index in [2.05, 4.69) is 37.2 Å². The normalized spacial score (nSPS) is 16.4. The first-order valence-electron chi connectivity index (χ1n) is 9.46. The highest BCUT2D eigenvalue weighted by atomic mass is 32.2. The van der Waals surface area contributed by atoms with Gasteiger partial charge in [-0.25, -0.2) is 4.98 Å². The number of thioether (sulfide) groups is 1. The molecule has 1 amide bonds. The van der Waals surface area contributed by atoms with Crippen LogP contribution in [0.2, 0.25) is 0 Å². The van der Waals surface area contributed by atoms with Gasteiger partial charge in [-0.3, -0.25) is 4.79 Å². The van der Waals surface area contributed by atoms with E-state index in [1.807, 2.05) is 30.5 Å². The third-order valence-electron chi connectivity index (χ3n) is 4.82. The fraction of sp³-hybridized carbons (Fsp3) is 0.400. The number of benzene rings is 1. The summed E-state index contributed by atoms with van der Waals surface area (Å²) in [7, 11) is 0. The number of rotatable bonds is 6. The monoisotopic (exact) mass is 413 g/mol. The maximum Gasteiger partial charge on any atom is 0.230 e. The van der Waals surface area contributed by atoms with Crippen LogP contribution in [0.4, 0.5) is 0 Å². The molecule has 1 atom stereocenters. The third kappa shape index (κ3) is 4.80. The van der Waals surface area contributed by atoms with Crippen molar-refractivity contribution >= 4 is 29.0 Å². The minimum absolute atomic E-state index is 0.0741. The summed E-state index contributed by atoms with van der Waals surface area (Å²) >= 11 is 3.09. The first-order chi connectivity index (χ1) is 13.7. The van der Waals surface area contributed by atoms with Gasteiger partial charge in [-0.15, -0.1) is 21.5 Å². The first kappa shape index (κ1) is 19.1. The van der Waals surface area contributed by atoms with Crippen LogP contribution in [0.3, 0.4) is 0 Å². The van der Waals surface area contributed by atoms with E-state index in [0.29, 0.717) is 5.75 Å². The number of aromatic nitrogens is 4. The molecule has 28 heavy (non-hydrogen) atoms. The molecule has 1 N–H and O–H groups in total. The zero-order valence-corrected chi connectivity index (χ0v) is 17.4. The van der Waals surface area contributed by atoms with E-state index < -0.39 is 0 Å². The van der Waals surface area contributed by atoms with Crippen LogP contribution in [0.25, 0.3) is 0 Å². The number of nitrogens with zero attached hydrogens (tertiary/aromatic N) is 4. The predicted molar refractivity (Wildman–Crippen MR) is 112 cm³/mol. The largest absolute Gasteiger partial charge is 0.353 e. The second-order valence-corrected chi connectivity index (χ2v) is 9.06. The number of nitrogens with one attached hydrogen (secondary N) is 1. The number of hydrogen-bond donors (Lipinski definition) is 1. The minimum Gasteiger partial charge on any atom is -0.353 e. The van der Waals surface area contributed by atoms with E-state index in [1.54, 1.807) is 11.3 Å². The number of amides is 1. The molecule has 3 aromatic rings. The van der Waals surface area contributed by atoms with Crippen LogP contribution in [-0.2, 0) is 24.2 Å². The first-order valence-corrected chi connectivity index (χ1v) is 11.3. The molecule has 4 rings (SSSR count). The van der Waals surface area contributed by atoms with Crippen molar-refractivity contribution in [2.45, 2.75) is 49.5 Å². The van der Waals surface area contributed by atoms with Crippen molar-refractivity contribution < 1.29 is 4.79 Å². The Labute approximate surface area is 172 Å². The van der Waals surface area contributed by atoms with Crippen molar-refractivity contribution in [3.05, 3.63) is 58.6 Å². The number of hydrogen-bond acceptors (Lipinski definition) is 6. The predicted octanol–water partition coefficient (Wildman–Crippen LogP) is 3.25. The quantitative estimate of drug-likeness (QED) is 0.628. The number of fused-ring (bicyclic) bond motifs is 1. The highest BCUT2D eigenvalue weighted by Gasteiger charge is 2.21. The van der Waals surface area contributed by atoms with Gasteiger partial charge in [0, 0.05) is 36.5 Å². The average molecular weight is 414 g/mol. The molecular weight excluding hydrogens is 390 g/mol. The molecule has 1 aliphatic heterocycles. The fourth-order valence-electron chi connectivity index (χ4n) is 3.40. The SMILES string of the molecule is Cc1csc(SCC(=O)NC2CCc3nnc(Cc4ccccc4)n3CC2)n1. The third-order valence-corrected chi connectivity index (χ3v) is 6.96. The van der Waals surface area contributed by atoms with Gasteiger partial charge in [0.1, 0.15) is 11.6 Å². The molecule has 1 aliphatic rings. The van der Waals surface area contributed by atoms with E-state index >= 15 is 0 Å². The van der Waals surface area contributed by atoms with Gasteiger partial charge in [0.25, 0.3) is 0 Å². The van der Waals surface area contributed by atoms with Gasteiger partial charge < -0.3 is 9.88 Å². The van der Waals surface area contributed by atoms with Crippen LogP contribution in [0.1, 0.15) is 35.7 Å². The van der Waals surface area contributed by atoms with E-state index in [1.165, 1.54) is 17.3 Å². The second-order valence-electron chi connectivity index (χ2n) is 6.98. The molecule has 0 spiro atoms. The van der Waals surface area contributed by atoms with E-state index in [-0.39, 0.29) is 11.9 Å². The highest BCUT2D eigenvalue weighted by Crippen LogP contribution is 2.22. The lowest BCUT2D eigenvalue weighted by molar-refractivity contribution is -0.119. The molecule has 146 valence electrons. The maximum atomic E-state index is 12.3. The summed E-state index contributed by atoms with van der Waals surface area (Å²) in [6.45, 7) is 2.81. The summed E-state index contributed by atoms with van der Waals surface area (Å²) in [6.07, 6.45) is 3.43. The standard InChI is InChI=1S/C20H23N5OS2/c1-14-12-27-20(21-14)28-13-19(26)22-16-7-8-17-23-24-18(25(17)10-9-16)11-15-5-3-2-4-6-15/h2-6,12,16H,7-11,13H2,1H3,(H,22,26). The van der Waals surface area contributed by atoms with Gasteiger partial charge in [-0.1, -0.05) is 42.1 Å². The molecule has 0 saturated heterocycles. The molecule has 1 unspecified atom stereocenters. The Bertz CT molecular complexity index is 937. The molecule has 0 fully saturated rings. The molecule has 6 nitrogen and oxygen atoms in total. The van der Waals surface area contributed by atoms with Crippen molar-refractivity contribution in [3.8, 4) is 0 Å². The van der Waals surface area contributed by atoms with Gasteiger partial charge in [0.15, 0.2) is 4.34 Å². The number of aryl methyl sites for hydroxylation is 2. The van der Waals surface area contributed by atoms with Crippen molar-refractivity contribution in [1.82, 2.24) is 25.1 Å². The van der Waals surface area contributed by atoms with Crippen molar-refractivity contribution in [2.75, 3.05) is 5.75 Å². The summed E-state index contributed by atoms with van der Waals surface area (Å²) in [4.78, 5) is 16.7. The van der Waals surface area contributed by atoms with Crippen LogP contribution < -0.4 is 5.32 Å². The maximum absolute atomic E-state index is 12.3. The van der Waals surface area contributed by atoms with Crippen molar-refractivity contribution in [3.63, 3.8) is 0 Å². The molecule has 0 radical (unpaired) electrons. The molecule has 2 aromatic heterocycles. The van der Waals surface area contributed by atoms with Gasteiger partial charge in [-0.05, 0) is 25.3 Å². The van der Waals surface area contributed by atoms with E-state index in [4.69, 9.17) is 0 Å². The lowest BCUT2D eigenvalue weighted by atomic mass is 10.1. The summed E-state index contributed by atoms with van der Waals surface area (Å²) in [5.74, 6) is 2.51. The molecule has 3 heterocycles. The summed E-state index contributed by atoms with van der Waals surface area (Å²) in [5, 5.41) is 14.0. The Morgan fingerprint density at radius 1 is 1.29 bits per heavy atom. The van der Waals surface area contributed by atoms with Crippen LogP contribution >= 0.6 is 23.1 Å². The van der Waals surface area contributed by atoms with Gasteiger partial charge in [0.2, 0.25) is 5.91 Å². The van der Waals surface area contributed by atoms with Crippen LogP contribution in [-0.4, -0.2) is 37.5 Å². The number of carbonyl (C=O) groups is 1. The molecule has 0 aliphatic carbocycles. The van der Waals surface area contributed by atoms with Crippen molar-refractivity contribution in [1.29, 1.82) is 0 Å². The fourth-order valence-corrected chi connectivity index (χ4v) is 5.06.